The lowest BCUT2D eigenvalue weighted by Crippen LogP contribution is -2.47. The maximum absolute atomic E-state index is 9.25. The monoisotopic (exact) mass is 420 g/mol. The predicted octanol–water partition coefficient (Wildman–Crippen LogP) is 3.85. The van der Waals surface area contributed by atoms with Gasteiger partial charge in [0.05, 0.1) is 12.0 Å². The fourth-order valence-electron chi connectivity index (χ4n) is 4.52. The van der Waals surface area contributed by atoms with Crippen LogP contribution in [0, 0.1) is 0 Å². The van der Waals surface area contributed by atoms with Crippen molar-refractivity contribution in [3.63, 3.8) is 0 Å². The van der Waals surface area contributed by atoms with Crippen LogP contribution in [0.3, 0.4) is 0 Å². The molecule has 156 valence electrons. The maximum Gasteiger partial charge on any atom is 0.155 e. The Bertz CT molecular complexity index is 1040. The predicted molar refractivity (Wildman–Crippen MR) is 125 cm³/mol. The molecule has 0 radical (unpaired) electrons. The lowest BCUT2D eigenvalue weighted by Gasteiger charge is -2.35. The number of aliphatic hydroxyl groups is 1. The first kappa shape index (κ1) is 19.7. The summed E-state index contributed by atoms with van der Waals surface area (Å²) in [5.74, 6) is 1.90. The van der Waals surface area contributed by atoms with Crippen LogP contribution in [0.15, 0.2) is 30.3 Å². The van der Waals surface area contributed by atoms with Crippen LogP contribution in [0.5, 0.6) is 0 Å². The molecule has 5 nitrogen and oxygen atoms in total. The maximum atomic E-state index is 9.25. The average Bonchev–Trinajstić information content (AvgIpc) is 3.17. The summed E-state index contributed by atoms with van der Waals surface area (Å²) >= 11 is 1.87. The minimum atomic E-state index is 0.226. The van der Waals surface area contributed by atoms with Gasteiger partial charge >= 0.3 is 0 Å². The molecule has 0 atom stereocenters. The number of aliphatic hydroxyl groups excluding tert-OH is 1. The average molecular weight is 421 g/mol. The van der Waals surface area contributed by atoms with Gasteiger partial charge in [-0.25, -0.2) is 9.97 Å². The van der Waals surface area contributed by atoms with Crippen molar-refractivity contribution in [2.45, 2.75) is 25.7 Å². The van der Waals surface area contributed by atoms with Gasteiger partial charge in [0.25, 0.3) is 0 Å². The van der Waals surface area contributed by atoms with Gasteiger partial charge in [0.15, 0.2) is 5.82 Å². The zero-order valence-electron chi connectivity index (χ0n) is 17.3. The van der Waals surface area contributed by atoms with Crippen molar-refractivity contribution < 1.29 is 5.11 Å². The number of rotatable bonds is 5. The number of aryl methyl sites for hydroxylation is 2. The van der Waals surface area contributed by atoms with Gasteiger partial charge < -0.3 is 10.0 Å². The van der Waals surface area contributed by atoms with E-state index in [0.29, 0.717) is 0 Å². The lowest BCUT2D eigenvalue weighted by atomic mass is 9.97. The van der Waals surface area contributed by atoms with Crippen LogP contribution in [-0.2, 0) is 12.8 Å². The molecule has 5 rings (SSSR count). The van der Waals surface area contributed by atoms with E-state index in [4.69, 9.17) is 9.97 Å². The summed E-state index contributed by atoms with van der Waals surface area (Å²) in [7, 11) is 0. The topological polar surface area (TPSA) is 52.5 Å². The van der Waals surface area contributed by atoms with Gasteiger partial charge in [-0.1, -0.05) is 36.4 Å². The number of β-amino-alcohol motifs (C(OH)–C–C–N with tert-alkyl or cyclic N) is 1. The molecule has 0 spiro atoms. The van der Waals surface area contributed by atoms with E-state index in [1.807, 2.05) is 35.6 Å². The van der Waals surface area contributed by atoms with Crippen LogP contribution >= 0.6 is 11.3 Å². The molecular formula is C24H28N4OS. The molecule has 1 aromatic carbocycles. The molecule has 1 saturated heterocycles. The largest absolute Gasteiger partial charge is 0.395 e. The normalized spacial score (nSPS) is 17.7. The van der Waals surface area contributed by atoms with E-state index in [1.165, 1.54) is 35.1 Å². The van der Waals surface area contributed by atoms with Crippen LogP contribution in [0.1, 0.15) is 34.7 Å². The SMILES string of the molecule is OCCN1CCN(c2nc(/C=C/c3ccccc3)nc3sc4c(c23)CCCC4)CC1. The molecular weight excluding hydrogens is 392 g/mol. The molecule has 1 aliphatic heterocycles. The van der Waals surface area contributed by atoms with Gasteiger partial charge in [0.2, 0.25) is 0 Å². The smallest absolute Gasteiger partial charge is 0.155 e. The Morgan fingerprint density at radius 3 is 2.57 bits per heavy atom. The van der Waals surface area contributed by atoms with Gasteiger partial charge in [0.1, 0.15) is 10.6 Å². The highest BCUT2D eigenvalue weighted by Gasteiger charge is 2.25. The number of thiophene rings is 1. The first-order valence-corrected chi connectivity index (χ1v) is 11.8. The summed E-state index contributed by atoms with van der Waals surface area (Å²) in [5.41, 5.74) is 2.65. The minimum Gasteiger partial charge on any atom is -0.395 e. The Kier molecular flexibility index (Phi) is 5.79. The number of benzene rings is 1. The van der Waals surface area contributed by atoms with Crippen molar-refractivity contribution in [2.24, 2.45) is 0 Å². The minimum absolute atomic E-state index is 0.226. The molecule has 2 aromatic heterocycles. The molecule has 6 heteroatoms. The highest BCUT2D eigenvalue weighted by molar-refractivity contribution is 7.19. The summed E-state index contributed by atoms with van der Waals surface area (Å²) in [4.78, 5) is 17.4. The number of hydrogen-bond acceptors (Lipinski definition) is 6. The van der Waals surface area contributed by atoms with Gasteiger partial charge in [-0.15, -0.1) is 11.3 Å². The molecule has 1 aliphatic carbocycles. The van der Waals surface area contributed by atoms with Crippen LogP contribution in [0.4, 0.5) is 5.82 Å². The zero-order chi connectivity index (χ0) is 20.3. The van der Waals surface area contributed by atoms with Crippen molar-refractivity contribution in [1.29, 1.82) is 0 Å². The summed E-state index contributed by atoms with van der Waals surface area (Å²) in [6.07, 6.45) is 9.00. The van der Waals surface area contributed by atoms with Gasteiger partial charge in [-0.3, -0.25) is 4.90 Å². The number of aromatic nitrogens is 2. The molecule has 3 heterocycles. The molecule has 1 fully saturated rings. The third kappa shape index (κ3) is 4.00. The van der Waals surface area contributed by atoms with E-state index in [0.717, 1.165) is 61.2 Å². The van der Waals surface area contributed by atoms with Crippen molar-refractivity contribution in [2.75, 3.05) is 44.2 Å². The van der Waals surface area contributed by atoms with Crippen molar-refractivity contribution in [3.8, 4) is 0 Å². The van der Waals surface area contributed by atoms with Crippen molar-refractivity contribution in [1.82, 2.24) is 14.9 Å². The number of hydrogen-bond donors (Lipinski definition) is 1. The number of fused-ring (bicyclic) bond motifs is 3. The Hall–Kier alpha value is -2.28. The number of anilines is 1. The molecule has 0 saturated carbocycles. The van der Waals surface area contributed by atoms with Crippen LogP contribution in [0.25, 0.3) is 22.4 Å². The Morgan fingerprint density at radius 1 is 0.967 bits per heavy atom. The van der Waals surface area contributed by atoms with E-state index >= 15 is 0 Å². The van der Waals surface area contributed by atoms with Crippen molar-refractivity contribution in [3.05, 3.63) is 52.2 Å². The summed E-state index contributed by atoms with van der Waals surface area (Å²) in [6.45, 7) is 4.80. The van der Waals surface area contributed by atoms with Gasteiger partial charge in [-0.2, -0.15) is 0 Å². The summed E-state index contributed by atoms with van der Waals surface area (Å²) < 4.78 is 0. The van der Waals surface area contributed by atoms with Crippen LogP contribution in [0.2, 0.25) is 0 Å². The van der Waals surface area contributed by atoms with Crippen LogP contribution in [-0.4, -0.2) is 59.3 Å². The van der Waals surface area contributed by atoms with E-state index < -0.39 is 0 Å². The van der Waals surface area contributed by atoms with E-state index in [9.17, 15) is 5.11 Å². The highest BCUT2D eigenvalue weighted by atomic mass is 32.1. The fourth-order valence-corrected chi connectivity index (χ4v) is 5.78. The van der Waals surface area contributed by atoms with E-state index in [-0.39, 0.29) is 6.61 Å². The Morgan fingerprint density at radius 2 is 1.77 bits per heavy atom. The molecule has 0 amide bonds. The third-order valence-corrected chi connectivity index (χ3v) is 7.31. The molecule has 30 heavy (non-hydrogen) atoms. The second-order valence-corrected chi connectivity index (χ2v) is 9.18. The van der Waals surface area contributed by atoms with Crippen LogP contribution < -0.4 is 4.90 Å². The van der Waals surface area contributed by atoms with Gasteiger partial charge in [0, 0.05) is 37.6 Å². The Balaban J connectivity index is 1.53. The van der Waals surface area contributed by atoms with E-state index in [1.54, 1.807) is 0 Å². The van der Waals surface area contributed by atoms with E-state index in [2.05, 4.69) is 28.0 Å². The number of piperazine rings is 1. The summed E-state index contributed by atoms with van der Waals surface area (Å²) in [5, 5.41) is 10.5. The molecule has 1 N–H and O–H groups in total. The second kappa shape index (κ2) is 8.84. The van der Waals surface area contributed by atoms with Gasteiger partial charge in [-0.05, 0) is 42.9 Å². The second-order valence-electron chi connectivity index (χ2n) is 8.09. The highest BCUT2D eigenvalue weighted by Crippen LogP contribution is 2.40. The molecule has 0 unspecified atom stereocenters. The third-order valence-electron chi connectivity index (χ3n) is 6.13. The summed E-state index contributed by atoms with van der Waals surface area (Å²) in [6, 6.07) is 10.3. The van der Waals surface area contributed by atoms with Crippen molar-refractivity contribution >= 4 is 39.5 Å². The molecule has 0 bridgehead atoms. The number of nitrogens with zero attached hydrogens (tertiary/aromatic N) is 4. The Labute approximate surface area is 181 Å². The lowest BCUT2D eigenvalue weighted by molar-refractivity contribution is 0.188. The first-order chi connectivity index (χ1) is 14.8. The first-order valence-electron chi connectivity index (χ1n) is 11.0. The standard InChI is InChI=1S/C24H28N4OS/c29-17-16-27-12-14-28(15-13-27)23-22-19-8-4-5-9-20(19)30-24(22)26-21(25-23)11-10-18-6-2-1-3-7-18/h1-3,6-7,10-11,29H,4-5,8-9,12-17H2/b11-10+. The fraction of sp³-hybridized carbons (Fsp3) is 0.417. The quantitative estimate of drug-likeness (QED) is 0.679. The zero-order valence-corrected chi connectivity index (χ0v) is 18.1. The molecule has 2 aliphatic rings. The molecule has 3 aromatic rings.